The Bertz CT molecular complexity index is 991. The van der Waals surface area contributed by atoms with Gasteiger partial charge in [-0.1, -0.05) is 0 Å². The number of benzene rings is 1. The van der Waals surface area contributed by atoms with Crippen LogP contribution in [0.3, 0.4) is 0 Å². The van der Waals surface area contributed by atoms with Gasteiger partial charge in [-0.25, -0.2) is 9.78 Å². The van der Waals surface area contributed by atoms with Gasteiger partial charge in [0.2, 0.25) is 0 Å². The lowest BCUT2D eigenvalue weighted by molar-refractivity contribution is 0.119. The number of methoxy groups -OCH3 is 1. The summed E-state index contributed by atoms with van der Waals surface area (Å²) in [6.07, 6.45) is 9.46. The lowest BCUT2D eigenvalue weighted by atomic mass is 9.92. The molecule has 0 bridgehead atoms. The molecule has 1 saturated carbocycles. The van der Waals surface area contributed by atoms with Gasteiger partial charge in [0.25, 0.3) is 0 Å². The Morgan fingerprint density at radius 2 is 1.94 bits per heavy atom. The van der Waals surface area contributed by atoms with Gasteiger partial charge < -0.3 is 19.4 Å². The van der Waals surface area contributed by atoms with E-state index in [2.05, 4.69) is 36.1 Å². The summed E-state index contributed by atoms with van der Waals surface area (Å²) in [6.45, 7) is 4.16. The number of anilines is 1. The molecule has 3 heterocycles. The third kappa shape index (κ3) is 3.76. The molecule has 1 saturated heterocycles. The zero-order chi connectivity index (χ0) is 22.2. The summed E-state index contributed by atoms with van der Waals surface area (Å²) in [5, 5.41) is 3.44. The Kier molecular flexibility index (Phi) is 5.84. The van der Waals surface area contributed by atoms with Crippen LogP contribution in [0.5, 0.6) is 5.75 Å². The van der Waals surface area contributed by atoms with Crippen LogP contribution in [0, 0.1) is 0 Å². The fraction of sp³-hybridized carbons (Fsp3) is 0.600. The number of fused-ring (bicyclic) bond motifs is 1. The van der Waals surface area contributed by atoms with Crippen LogP contribution in [0.15, 0.2) is 18.3 Å². The smallest absolute Gasteiger partial charge is 0.414 e. The molecule has 1 aliphatic carbocycles. The topological polar surface area (TPSA) is 68.6 Å². The van der Waals surface area contributed by atoms with Crippen molar-refractivity contribution < 1.29 is 14.3 Å². The fourth-order valence-electron chi connectivity index (χ4n) is 5.24. The Morgan fingerprint density at radius 1 is 1.16 bits per heavy atom. The number of hydrogen-bond acceptors (Lipinski definition) is 5. The number of hydrogen-bond donors (Lipinski definition) is 1. The number of aryl methyl sites for hydroxylation is 1. The molecule has 1 amide bonds. The monoisotopic (exact) mass is 438 g/mol. The molecular weight excluding hydrogens is 404 g/mol. The van der Waals surface area contributed by atoms with Crippen LogP contribution < -0.4 is 15.0 Å². The van der Waals surface area contributed by atoms with Crippen molar-refractivity contribution in [2.75, 3.05) is 25.1 Å². The number of aromatic nitrogens is 2. The largest absolute Gasteiger partial charge is 0.489 e. The van der Waals surface area contributed by atoms with Crippen molar-refractivity contribution in [1.29, 1.82) is 0 Å². The van der Waals surface area contributed by atoms with Crippen molar-refractivity contribution in [3.8, 4) is 17.0 Å². The van der Waals surface area contributed by atoms with E-state index in [-0.39, 0.29) is 18.2 Å². The SMILES string of the molecule is COC(=O)N1c2ccc(-c3cn(C)c(C4CCNCC4)n3)c(OC3CCC3)c2CC[C@@H]1C. The highest BCUT2D eigenvalue weighted by Crippen LogP contribution is 2.44. The second-order valence-electron chi connectivity index (χ2n) is 9.46. The van der Waals surface area contributed by atoms with Crippen LogP contribution in [-0.2, 0) is 18.2 Å². The molecule has 2 fully saturated rings. The number of imidazole rings is 1. The van der Waals surface area contributed by atoms with Gasteiger partial charge in [-0.3, -0.25) is 4.90 Å². The molecule has 2 aromatic rings. The minimum Gasteiger partial charge on any atom is -0.489 e. The minimum atomic E-state index is -0.313. The zero-order valence-corrected chi connectivity index (χ0v) is 19.4. The number of carbonyl (C=O) groups is 1. The molecule has 1 atom stereocenters. The number of nitrogens with zero attached hydrogens (tertiary/aromatic N) is 3. The first-order valence-corrected chi connectivity index (χ1v) is 12.0. The number of piperidine rings is 1. The van der Waals surface area contributed by atoms with Crippen molar-refractivity contribution in [2.24, 2.45) is 7.05 Å². The molecule has 1 aromatic carbocycles. The maximum absolute atomic E-state index is 12.6. The minimum absolute atomic E-state index is 0.0960. The number of rotatable bonds is 4. The molecule has 2 aliphatic heterocycles. The lowest BCUT2D eigenvalue weighted by Crippen LogP contribution is -2.42. The summed E-state index contributed by atoms with van der Waals surface area (Å²) in [6, 6.07) is 4.22. The van der Waals surface area contributed by atoms with Crippen molar-refractivity contribution in [3.05, 3.63) is 29.7 Å². The summed E-state index contributed by atoms with van der Waals surface area (Å²) in [5.74, 6) is 2.54. The second kappa shape index (κ2) is 8.77. The van der Waals surface area contributed by atoms with Gasteiger partial charge in [0.05, 0.1) is 24.6 Å². The third-order valence-electron chi connectivity index (χ3n) is 7.35. The highest BCUT2D eigenvalue weighted by molar-refractivity contribution is 5.92. The van der Waals surface area contributed by atoms with Crippen LogP contribution in [0.4, 0.5) is 10.5 Å². The average molecular weight is 439 g/mol. The Hall–Kier alpha value is -2.54. The molecular formula is C25H34N4O3. The molecule has 172 valence electrons. The maximum atomic E-state index is 12.6. The number of amides is 1. The van der Waals surface area contributed by atoms with E-state index < -0.39 is 0 Å². The fourth-order valence-corrected chi connectivity index (χ4v) is 5.24. The number of nitrogens with one attached hydrogen (secondary N) is 1. The first-order valence-electron chi connectivity index (χ1n) is 12.0. The van der Waals surface area contributed by atoms with Crippen molar-refractivity contribution in [1.82, 2.24) is 14.9 Å². The summed E-state index contributed by atoms with van der Waals surface area (Å²) in [4.78, 5) is 19.4. The molecule has 0 spiro atoms. The van der Waals surface area contributed by atoms with Crippen molar-refractivity contribution in [2.45, 2.75) is 69.9 Å². The van der Waals surface area contributed by atoms with Crippen LogP contribution in [0.2, 0.25) is 0 Å². The Balaban J connectivity index is 1.57. The first-order chi connectivity index (χ1) is 15.6. The van der Waals surface area contributed by atoms with Gasteiger partial charge >= 0.3 is 6.09 Å². The van der Waals surface area contributed by atoms with Crippen LogP contribution in [0.1, 0.15) is 62.8 Å². The maximum Gasteiger partial charge on any atom is 0.414 e. The summed E-state index contributed by atoms with van der Waals surface area (Å²) >= 11 is 0. The number of carbonyl (C=O) groups excluding carboxylic acids is 1. The molecule has 0 radical (unpaired) electrons. The predicted molar refractivity (Wildman–Crippen MR) is 124 cm³/mol. The molecule has 7 heteroatoms. The number of ether oxygens (including phenoxy) is 2. The lowest BCUT2D eigenvalue weighted by Gasteiger charge is -2.36. The van der Waals surface area contributed by atoms with Crippen LogP contribution >= 0.6 is 0 Å². The van der Waals surface area contributed by atoms with Crippen molar-refractivity contribution >= 4 is 11.8 Å². The zero-order valence-electron chi connectivity index (χ0n) is 19.4. The van der Waals surface area contributed by atoms with Gasteiger partial charge in [-0.05, 0) is 77.1 Å². The van der Waals surface area contributed by atoms with E-state index >= 15 is 0 Å². The Labute approximate surface area is 190 Å². The summed E-state index contributed by atoms with van der Waals surface area (Å²) in [7, 11) is 3.54. The normalized spacial score (nSPS) is 21.7. The molecule has 3 aliphatic rings. The summed E-state index contributed by atoms with van der Waals surface area (Å²) in [5.41, 5.74) is 4.00. The first kappa shape index (κ1) is 21.3. The van der Waals surface area contributed by atoms with Gasteiger partial charge in [0, 0.05) is 36.3 Å². The van der Waals surface area contributed by atoms with E-state index in [1.165, 1.54) is 13.5 Å². The molecule has 7 nitrogen and oxygen atoms in total. The van der Waals surface area contributed by atoms with E-state index in [0.717, 1.165) is 85.7 Å². The second-order valence-corrected chi connectivity index (χ2v) is 9.46. The van der Waals surface area contributed by atoms with E-state index in [9.17, 15) is 4.79 Å². The van der Waals surface area contributed by atoms with E-state index in [1.54, 1.807) is 4.90 Å². The van der Waals surface area contributed by atoms with E-state index in [4.69, 9.17) is 14.5 Å². The highest BCUT2D eigenvalue weighted by Gasteiger charge is 2.34. The summed E-state index contributed by atoms with van der Waals surface area (Å²) < 4.78 is 13.9. The average Bonchev–Trinajstić information content (AvgIpc) is 3.17. The van der Waals surface area contributed by atoms with Crippen molar-refractivity contribution in [3.63, 3.8) is 0 Å². The van der Waals surface area contributed by atoms with Gasteiger partial charge in [-0.15, -0.1) is 0 Å². The third-order valence-corrected chi connectivity index (χ3v) is 7.35. The molecule has 0 unspecified atom stereocenters. The Morgan fingerprint density at radius 3 is 2.62 bits per heavy atom. The molecule has 1 N–H and O–H groups in total. The molecule has 5 rings (SSSR count). The highest BCUT2D eigenvalue weighted by atomic mass is 16.5. The van der Waals surface area contributed by atoms with E-state index in [0.29, 0.717) is 5.92 Å². The van der Waals surface area contributed by atoms with Crippen LogP contribution in [0.25, 0.3) is 11.3 Å². The standard InChI is InChI=1S/C25H34N4O3/c1-16-7-8-20-22(29(16)25(30)31-3)10-9-19(23(20)32-18-5-4-6-18)21-15-28(2)24(27-21)17-11-13-26-14-12-17/h9-10,15-18,26H,4-8,11-14H2,1-3H3/t16-/m0/s1. The quantitative estimate of drug-likeness (QED) is 0.767. The van der Waals surface area contributed by atoms with Crippen LogP contribution in [-0.4, -0.2) is 48.0 Å². The molecule has 32 heavy (non-hydrogen) atoms. The van der Waals surface area contributed by atoms with Gasteiger partial charge in [0.15, 0.2) is 0 Å². The van der Waals surface area contributed by atoms with E-state index in [1.807, 2.05) is 6.07 Å². The molecule has 1 aromatic heterocycles. The van der Waals surface area contributed by atoms with Gasteiger partial charge in [0.1, 0.15) is 11.6 Å². The van der Waals surface area contributed by atoms with Gasteiger partial charge in [-0.2, -0.15) is 0 Å². The predicted octanol–water partition coefficient (Wildman–Crippen LogP) is 4.39.